The lowest BCUT2D eigenvalue weighted by Gasteiger charge is -2.33. The molecular weight excluding hydrogens is 627 g/mol. The Bertz CT molecular complexity index is 2000. The molecule has 1 unspecified atom stereocenters. The van der Waals surface area contributed by atoms with Crippen LogP contribution in [-0.2, 0) is 19.4 Å². The van der Waals surface area contributed by atoms with E-state index < -0.39 is 0 Å². The van der Waals surface area contributed by atoms with Crippen LogP contribution in [0.2, 0.25) is 10.0 Å². The zero-order chi connectivity index (χ0) is 29.7. The van der Waals surface area contributed by atoms with E-state index in [4.69, 9.17) is 23.2 Å². The molecule has 10 nitrogen and oxygen atoms in total. The van der Waals surface area contributed by atoms with Crippen LogP contribution in [0.5, 0.6) is 0 Å². The zero-order valence-corrected chi connectivity index (χ0v) is 26.0. The van der Waals surface area contributed by atoms with E-state index in [-0.39, 0.29) is 17.9 Å². The molecule has 0 spiro atoms. The topological polar surface area (TPSA) is 101 Å². The second kappa shape index (κ2) is 11.3. The Morgan fingerprint density at radius 3 is 2.14 bits per heavy atom. The van der Waals surface area contributed by atoms with Crippen molar-refractivity contribution in [2.75, 3.05) is 13.1 Å². The molecule has 0 saturated carbocycles. The number of fused-ring (bicyclic) bond motifs is 4. The highest BCUT2D eigenvalue weighted by Crippen LogP contribution is 2.33. The van der Waals surface area contributed by atoms with Gasteiger partial charge in [0.05, 0.1) is 28.5 Å². The Kier molecular flexibility index (Phi) is 7.38. The quantitative estimate of drug-likeness (QED) is 0.233. The van der Waals surface area contributed by atoms with E-state index in [9.17, 15) is 9.59 Å². The van der Waals surface area contributed by atoms with Crippen LogP contribution in [0.4, 0.5) is 0 Å². The first-order valence-corrected chi connectivity index (χ1v) is 16.1. The van der Waals surface area contributed by atoms with Gasteiger partial charge in [-0.15, -0.1) is 22.7 Å². The number of aromatic nitrogens is 6. The number of halogens is 2. The van der Waals surface area contributed by atoms with Gasteiger partial charge in [0.25, 0.3) is 11.8 Å². The molecule has 2 aliphatic rings. The molecule has 14 heteroatoms. The molecule has 0 radical (unpaired) electrons. The maximum absolute atomic E-state index is 12.8. The number of rotatable bonds is 2. The largest absolute Gasteiger partial charge is 0.333 e. The smallest absolute Gasteiger partial charge is 0.274 e. The summed E-state index contributed by atoms with van der Waals surface area (Å²) in [5.74, 6) is -0.126. The summed E-state index contributed by atoms with van der Waals surface area (Å²) in [5.41, 5.74) is 4.53. The normalized spacial score (nSPS) is 16.1. The second-order valence-corrected chi connectivity index (χ2v) is 13.2. The average Bonchev–Trinajstić information content (AvgIpc) is 3.81. The third-order valence-corrected chi connectivity index (χ3v) is 10.0. The summed E-state index contributed by atoms with van der Waals surface area (Å²) in [7, 11) is 0. The molecule has 8 heterocycles. The van der Waals surface area contributed by atoms with E-state index in [1.807, 2.05) is 9.80 Å². The summed E-state index contributed by atoms with van der Waals surface area (Å²) in [5, 5.41) is 13.7. The van der Waals surface area contributed by atoms with Crippen molar-refractivity contribution in [2.24, 2.45) is 0 Å². The average molecular weight is 652 g/mol. The lowest BCUT2D eigenvalue weighted by atomic mass is 10.0. The van der Waals surface area contributed by atoms with Crippen LogP contribution in [0, 0.1) is 0 Å². The summed E-state index contributed by atoms with van der Waals surface area (Å²) >= 11 is 15.3. The first kappa shape index (κ1) is 28.0. The summed E-state index contributed by atoms with van der Waals surface area (Å²) in [6.07, 6.45) is 8.21. The molecule has 43 heavy (non-hydrogen) atoms. The van der Waals surface area contributed by atoms with E-state index >= 15 is 0 Å². The standard InChI is InChI=1S/C15H13ClN4OS.C14H11ClN4OS/c1-9-11-3-5-22-13(11)2-4-19(9)15(21)12-6-14-17-7-10(16)8-20(14)18-12;15-10-6-16-13-5-11(17-19(13)8-10)14(20)18-3-1-12-9(7-18)2-4-21-12/h3,5-9H,2,4H2,1H3;2,4-6,8H,1,3,7H2. The van der Waals surface area contributed by atoms with Gasteiger partial charge in [0.1, 0.15) is 0 Å². The van der Waals surface area contributed by atoms with Crippen LogP contribution >= 0.6 is 45.9 Å². The molecule has 0 saturated heterocycles. The molecule has 0 aliphatic carbocycles. The van der Waals surface area contributed by atoms with Gasteiger partial charge in [-0.05, 0) is 53.8 Å². The number of thiophene rings is 2. The van der Waals surface area contributed by atoms with Crippen LogP contribution in [0.3, 0.4) is 0 Å². The van der Waals surface area contributed by atoms with Gasteiger partial charge < -0.3 is 9.80 Å². The number of carbonyl (C=O) groups excluding carboxylic acids is 2. The van der Waals surface area contributed by atoms with Crippen molar-refractivity contribution < 1.29 is 9.59 Å². The predicted molar refractivity (Wildman–Crippen MR) is 166 cm³/mol. The number of nitrogens with zero attached hydrogens (tertiary/aromatic N) is 8. The molecular formula is C29H24Cl2N8O2S2. The fourth-order valence-corrected chi connectivity index (χ4v) is 7.57. The van der Waals surface area contributed by atoms with Gasteiger partial charge >= 0.3 is 0 Å². The van der Waals surface area contributed by atoms with E-state index in [2.05, 4.69) is 50.0 Å². The van der Waals surface area contributed by atoms with Gasteiger partial charge in [-0.25, -0.2) is 19.0 Å². The highest BCUT2D eigenvalue weighted by molar-refractivity contribution is 7.10. The van der Waals surface area contributed by atoms with Crippen molar-refractivity contribution in [3.63, 3.8) is 0 Å². The summed E-state index contributed by atoms with van der Waals surface area (Å²) < 4.78 is 3.08. The molecule has 2 amide bonds. The molecule has 6 aromatic heterocycles. The van der Waals surface area contributed by atoms with Crippen LogP contribution in [-0.4, -0.2) is 63.9 Å². The highest BCUT2D eigenvalue weighted by Gasteiger charge is 2.30. The molecule has 2 aliphatic heterocycles. The van der Waals surface area contributed by atoms with Gasteiger partial charge in [-0.3, -0.25) is 9.59 Å². The predicted octanol–water partition coefficient (Wildman–Crippen LogP) is 5.85. The Morgan fingerprint density at radius 2 is 1.44 bits per heavy atom. The lowest BCUT2D eigenvalue weighted by Crippen LogP contribution is -2.38. The van der Waals surface area contributed by atoms with Crippen molar-refractivity contribution in [1.29, 1.82) is 0 Å². The van der Waals surface area contributed by atoms with E-state index in [1.165, 1.54) is 25.4 Å². The molecule has 0 aromatic carbocycles. The van der Waals surface area contributed by atoms with Crippen LogP contribution < -0.4 is 0 Å². The molecule has 1 atom stereocenters. The minimum Gasteiger partial charge on any atom is -0.333 e. The van der Waals surface area contributed by atoms with Crippen LogP contribution in [0.15, 0.2) is 59.8 Å². The number of hydrogen-bond acceptors (Lipinski definition) is 8. The Hall–Kier alpha value is -3.84. The third-order valence-electron chi connectivity index (χ3n) is 7.63. The van der Waals surface area contributed by atoms with Crippen molar-refractivity contribution in [3.05, 3.63) is 102 Å². The van der Waals surface area contributed by atoms with E-state index in [1.54, 1.807) is 64.1 Å². The Labute approximate surface area is 264 Å². The van der Waals surface area contributed by atoms with Gasteiger partial charge in [0, 0.05) is 53.9 Å². The van der Waals surface area contributed by atoms with Gasteiger partial charge in [-0.2, -0.15) is 10.2 Å². The summed E-state index contributed by atoms with van der Waals surface area (Å²) in [4.78, 5) is 40.2. The number of carbonyl (C=O) groups is 2. The monoisotopic (exact) mass is 650 g/mol. The van der Waals surface area contributed by atoms with Crippen molar-refractivity contribution >= 4 is 69.0 Å². The summed E-state index contributed by atoms with van der Waals surface area (Å²) in [6, 6.07) is 7.67. The van der Waals surface area contributed by atoms with Crippen LogP contribution in [0.1, 0.15) is 54.8 Å². The maximum Gasteiger partial charge on any atom is 0.274 e. The molecule has 6 aromatic rings. The van der Waals surface area contributed by atoms with Crippen molar-refractivity contribution in [2.45, 2.75) is 32.4 Å². The minimum atomic E-state index is -0.0639. The first-order chi connectivity index (χ1) is 20.8. The van der Waals surface area contributed by atoms with Gasteiger partial charge in [0.15, 0.2) is 22.7 Å². The Balaban J connectivity index is 0.000000140. The Morgan fingerprint density at radius 1 is 0.837 bits per heavy atom. The molecule has 0 bridgehead atoms. The minimum absolute atomic E-state index is 0.0616. The zero-order valence-electron chi connectivity index (χ0n) is 22.9. The van der Waals surface area contributed by atoms with Gasteiger partial charge in [0.2, 0.25) is 0 Å². The fourth-order valence-electron chi connectivity index (χ4n) is 5.43. The molecule has 8 rings (SSSR count). The van der Waals surface area contributed by atoms with Crippen molar-refractivity contribution in [1.82, 2.24) is 39.0 Å². The second-order valence-electron chi connectivity index (χ2n) is 10.3. The van der Waals surface area contributed by atoms with Crippen LogP contribution in [0.25, 0.3) is 11.3 Å². The fraction of sp³-hybridized carbons (Fsp3) is 0.241. The lowest BCUT2D eigenvalue weighted by molar-refractivity contribution is 0.0672. The first-order valence-electron chi connectivity index (χ1n) is 13.6. The van der Waals surface area contributed by atoms with Gasteiger partial charge in [-0.1, -0.05) is 23.2 Å². The summed E-state index contributed by atoms with van der Waals surface area (Å²) in [6.45, 7) is 4.16. The number of hydrogen-bond donors (Lipinski definition) is 0. The molecule has 218 valence electrons. The molecule has 0 fully saturated rings. The van der Waals surface area contributed by atoms with E-state index in [0.717, 1.165) is 25.9 Å². The number of amides is 2. The highest BCUT2D eigenvalue weighted by atomic mass is 35.5. The van der Waals surface area contributed by atoms with E-state index in [0.29, 0.717) is 39.3 Å². The van der Waals surface area contributed by atoms with Crippen molar-refractivity contribution in [3.8, 4) is 0 Å². The molecule has 0 N–H and O–H groups in total. The SMILES string of the molecule is CC1c2ccsc2CCN1C(=O)c1cc2ncc(Cl)cn2n1.O=C(c1cc2ncc(Cl)cn2n1)N1CCc2sccc2C1. The maximum atomic E-state index is 12.8. The third kappa shape index (κ3) is 5.40.